The fraction of sp³-hybridized carbons (Fsp3) is 0.818. The topological polar surface area (TPSA) is 54.4 Å². The Morgan fingerprint density at radius 3 is 2.36 bits per heavy atom. The molecule has 14 heavy (non-hydrogen) atoms. The molecule has 0 aromatic rings. The van der Waals surface area contributed by atoms with Crippen molar-refractivity contribution in [3.05, 3.63) is 0 Å². The highest BCUT2D eigenvalue weighted by Gasteiger charge is 2.41. The van der Waals surface area contributed by atoms with Crippen molar-refractivity contribution >= 4 is 11.8 Å². The van der Waals surface area contributed by atoms with Gasteiger partial charge in [-0.3, -0.25) is 9.59 Å². The molecule has 0 unspecified atom stereocenters. The molecule has 1 fully saturated rings. The van der Waals surface area contributed by atoms with Crippen LogP contribution in [0.4, 0.5) is 0 Å². The zero-order chi connectivity index (χ0) is 10.9. The van der Waals surface area contributed by atoms with Crippen LogP contribution in [0.15, 0.2) is 0 Å². The molecule has 0 bridgehead atoms. The number of hydrogen-bond acceptors (Lipinski definition) is 2. The second kappa shape index (κ2) is 3.71. The van der Waals surface area contributed by atoms with Crippen molar-refractivity contribution < 1.29 is 14.7 Å². The molecule has 3 nitrogen and oxygen atoms in total. The zero-order valence-corrected chi connectivity index (χ0v) is 9.04. The third-order valence-corrected chi connectivity index (χ3v) is 3.12. The average molecular weight is 198 g/mol. The molecule has 1 saturated carbocycles. The number of hydrogen-bond donors (Lipinski definition) is 1. The normalized spacial score (nSPS) is 30.2. The van der Waals surface area contributed by atoms with Gasteiger partial charge in [-0.1, -0.05) is 13.8 Å². The van der Waals surface area contributed by atoms with E-state index in [1.165, 1.54) is 0 Å². The number of carbonyl (C=O) groups is 2. The quantitative estimate of drug-likeness (QED) is 0.755. The number of carboxylic acids is 1. The predicted molar refractivity (Wildman–Crippen MR) is 52.9 cm³/mol. The summed E-state index contributed by atoms with van der Waals surface area (Å²) in [5.74, 6) is -0.651. The Morgan fingerprint density at radius 2 is 1.93 bits per heavy atom. The first-order valence-corrected chi connectivity index (χ1v) is 5.04. The monoisotopic (exact) mass is 198 g/mol. The van der Waals surface area contributed by atoms with Crippen LogP contribution in [-0.4, -0.2) is 16.9 Å². The van der Waals surface area contributed by atoms with Gasteiger partial charge in [0.25, 0.3) is 0 Å². The van der Waals surface area contributed by atoms with Crippen LogP contribution in [-0.2, 0) is 9.59 Å². The third kappa shape index (κ3) is 2.56. The van der Waals surface area contributed by atoms with Crippen LogP contribution in [0.2, 0.25) is 0 Å². The van der Waals surface area contributed by atoms with Gasteiger partial charge in [0.15, 0.2) is 0 Å². The highest BCUT2D eigenvalue weighted by atomic mass is 16.4. The Morgan fingerprint density at radius 1 is 1.36 bits per heavy atom. The standard InChI is InChI=1S/C11H18O3/c1-7(12)9-6-11(2,3)5-8(9)4-10(13)14/h8-9H,4-6H2,1-3H3,(H,13,14)/t8-,9-/m1/s1. The summed E-state index contributed by atoms with van der Waals surface area (Å²) in [5, 5.41) is 8.73. The summed E-state index contributed by atoms with van der Waals surface area (Å²) >= 11 is 0. The van der Waals surface area contributed by atoms with Crippen molar-refractivity contribution in [3.8, 4) is 0 Å². The maximum absolute atomic E-state index is 11.3. The van der Waals surface area contributed by atoms with Crippen molar-refractivity contribution in [3.63, 3.8) is 0 Å². The van der Waals surface area contributed by atoms with E-state index in [1.54, 1.807) is 6.92 Å². The van der Waals surface area contributed by atoms with E-state index < -0.39 is 5.97 Å². The molecule has 1 aliphatic rings. The Balaban J connectivity index is 2.72. The van der Waals surface area contributed by atoms with E-state index in [0.717, 1.165) is 12.8 Å². The van der Waals surface area contributed by atoms with Gasteiger partial charge in [-0.05, 0) is 31.1 Å². The highest BCUT2D eigenvalue weighted by Crippen LogP contribution is 2.46. The van der Waals surface area contributed by atoms with Crippen molar-refractivity contribution in [2.75, 3.05) is 0 Å². The number of carbonyl (C=O) groups excluding carboxylic acids is 1. The Labute approximate surface area is 84.5 Å². The Kier molecular flexibility index (Phi) is 2.98. The average Bonchev–Trinajstić information content (AvgIpc) is 2.24. The number of rotatable bonds is 3. The van der Waals surface area contributed by atoms with Gasteiger partial charge < -0.3 is 5.11 Å². The van der Waals surface area contributed by atoms with Crippen LogP contribution in [0.25, 0.3) is 0 Å². The van der Waals surface area contributed by atoms with Crippen molar-refractivity contribution in [1.82, 2.24) is 0 Å². The number of Topliss-reactive ketones (excluding diaryl/α,β-unsaturated/α-hetero) is 1. The Hall–Kier alpha value is -0.860. The van der Waals surface area contributed by atoms with E-state index in [-0.39, 0.29) is 29.5 Å². The van der Waals surface area contributed by atoms with Gasteiger partial charge in [-0.2, -0.15) is 0 Å². The third-order valence-electron chi connectivity index (χ3n) is 3.12. The summed E-state index contributed by atoms with van der Waals surface area (Å²) in [6, 6.07) is 0. The highest BCUT2D eigenvalue weighted by molar-refractivity contribution is 5.80. The minimum Gasteiger partial charge on any atom is -0.481 e. The van der Waals surface area contributed by atoms with Crippen LogP contribution < -0.4 is 0 Å². The van der Waals surface area contributed by atoms with Crippen LogP contribution in [0.3, 0.4) is 0 Å². The first kappa shape index (κ1) is 11.2. The molecular weight excluding hydrogens is 180 g/mol. The van der Waals surface area contributed by atoms with E-state index in [4.69, 9.17) is 5.11 Å². The van der Waals surface area contributed by atoms with Crippen LogP contribution >= 0.6 is 0 Å². The first-order valence-electron chi connectivity index (χ1n) is 5.04. The fourth-order valence-electron chi connectivity index (χ4n) is 2.61. The van der Waals surface area contributed by atoms with E-state index in [1.807, 2.05) is 0 Å². The minimum absolute atomic E-state index is 0.0406. The molecule has 0 saturated heterocycles. The molecule has 0 heterocycles. The molecule has 0 spiro atoms. The van der Waals surface area contributed by atoms with Crippen molar-refractivity contribution in [2.45, 2.75) is 40.0 Å². The molecule has 0 aromatic carbocycles. The molecule has 2 atom stereocenters. The van der Waals surface area contributed by atoms with Gasteiger partial charge in [0.2, 0.25) is 0 Å². The van der Waals surface area contributed by atoms with Crippen LogP contribution in [0, 0.1) is 17.3 Å². The lowest BCUT2D eigenvalue weighted by Gasteiger charge is -2.15. The molecule has 1 aliphatic carbocycles. The van der Waals surface area contributed by atoms with Gasteiger partial charge in [-0.15, -0.1) is 0 Å². The lowest BCUT2D eigenvalue weighted by molar-refractivity contribution is -0.138. The predicted octanol–water partition coefficient (Wildman–Crippen LogP) is 2.10. The Bertz CT molecular complexity index is 255. The molecule has 80 valence electrons. The summed E-state index contributed by atoms with van der Waals surface area (Å²) in [6.07, 6.45) is 1.82. The van der Waals surface area contributed by atoms with E-state index in [2.05, 4.69) is 13.8 Å². The minimum atomic E-state index is -0.793. The van der Waals surface area contributed by atoms with Gasteiger partial charge in [0.05, 0.1) is 0 Å². The number of ketones is 1. The van der Waals surface area contributed by atoms with Crippen LogP contribution in [0.1, 0.15) is 40.0 Å². The van der Waals surface area contributed by atoms with Gasteiger partial charge in [0, 0.05) is 12.3 Å². The maximum Gasteiger partial charge on any atom is 0.303 e. The SMILES string of the molecule is CC(=O)[C@H]1CC(C)(C)C[C@H]1CC(=O)O. The molecule has 3 heteroatoms. The number of aliphatic carboxylic acids is 1. The maximum atomic E-state index is 11.3. The van der Waals surface area contributed by atoms with Crippen LogP contribution in [0.5, 0.6) is 0 Å². The zero-order valence-electron chi connectivity index (χ0n) is 9.04. The number of carboxylic acid groups (broad SMARTS) is 1. The van der Waals surface area contributed by atoms with E-state index in [0.29, 0.717) is 0 Å². The first-order chi connectivity index (χ1) is 6.32. The summed E-state index contributed by atoms with van der Waals surface area (Å²) < 4.78 is 0. The molecule has 0 radical (unpaired) electrons. The van der Waals surface area contributed by atoms with Gasteiger partial charge in [0.1, 0.15) is 5.78 Å². The molecule has 0 aromatic heterocycles. The largest absolute Gasteiger partial charge is 0.481 e. The summed E-state index contributed by atoms with van der Waals surface area (Å²) in [5.41, 5.74) is 0.121. The molecule has 0 aliphatic heterocycles. The molecular formula is C11H18O3. The molecule has 0 amide bonds. The van der Waals surface area contributed by atoms with E-state index in [9.17, 15) is 9.59 Å². The van der Waals surface area contributed by atoms with Crippen molar-refractivity contribution in [1.29, 1.82) is 0 Å². The second-order valence-corrected chi connectivity index (χ2v) is 5.15. The smallest absolute Gasteiger partial charge is 0.303 e. The van der Waals surface area contributed by atoms with Crippen molar-refractivity contribution in [2.24, 2.45) is 17.3 Å². The molecule has 1 N–H and O–H groups in total. The lowest BCUT2D eigenvalue weighted by atomic mass is 9.90. The second-order valence-electron chi connectivity index (χ2n) is 5.15. The van der Waals surface area contributed by atoms with E-state index >= 15 is 0 Å². The summed E-state index contributed by atoms with van der Waals surface area (Å²) in [6.45, 7) is 5.77. The fourth-order valence-corrected chi connectivity index (χ4v) is 2.61. The summed E-state index contributed by atoms with van der Waals surface area (Å²) in [4.78, 5) is 22.0. The van der Waals surface area contributed by atoms with Gasteiger partial charge >= 0.3 is 5.97 Å². The lowest BCUT2D eigenvalue weighted by Crippen LogP contribution is -2.18. The summed E-state index contributed by atoms with van der Waals surface area (Å²) in [7, 11) is 0. The van der Waals surface area contributed by atoms with Gasteiger partial charge in [-0.25, -0.2) is 0 Å². The molecule has 1 rings (SSSR count).